The summed E-state index contributed by atoms with van der Waals surface area (Å²) >= 11 is 2.17. The van der Waals surface area contributed by atoms with Gasteiger partial charge in [-0.25, -0.2) is 4.79 Å². The van der Waals surface area contributed by atoms with E-state index < -0.39 is 0 Å². The van der Waals surface area contributed by atoms with Gasteiger partial charge in [0.1, 0.15) is 5.75 Å². The molecule has 0 unspecified atom stereocenters. The van der Waals surface area contributed by atoms with Gasteiger partial charge in [-0.3, -0.25) is 4.79 Å². The summed E-state index contributed by atoms with van der Waals surface area (Å²) in [6, 6.07) is 16.5. The molecule has 1 fully saturated rings. The summed E-state index contributed by atoms with van der Waals surface area (Å²) in [4.78, 5) is 28.2. The number of amides is 2. The minimum absolute atomic E-state index is 0.0103. The van der Waals surface area contributed by atoms with E-state index in [4.69, 9.17) is 4.74 Å². The van der Waals surface area contributed by atoms with E-state index >= 15 is 0 Å². The molecule has 0 N–H and O–H groups in total. The second kappa shape index (κ2) is 7.65. The Labute approximate surface area is 154 Å². The van der Waals surface area contributed by atoms with Gasteiger partial charge < -0.3 is 14.5 Å². The number of para-hydroxylation sites is 1. The van der Waals surface area contributed by atoms with Gasteiger partial charge >= 0.3 is 6.09 Å². The Morgan fingerprint density at radius 3 is 2.08 bits per heavy atom. The molecular weight excluding hydrogens is 419 g/mol. The fraction of sp³-hybridized carbons (Fsp3) is 0.222. The second-order valence-electron chi connectivity index (χ2n) is 5.44. The first kappa shape index (κ1) is 16.8. The van der Waals surface area contributed by atoms with E-state index in [9.17, 15) is 9.59 Å². The first-order valence-corrected chi connectivity index (χ1v) is 8.78. The van der Waals surface area contributed by atoms with Crippen LogP contribution >= 0.6 is 22.6 Å². The SMILES string of the molecule is O=C(Oc1ccccc1)N1CCN(C(=O)c2ccccc2I)CC1. The van der Waals surface area contributed by atoms with Crippen LogP contribution in [0.5, 0.6) is 5.75 Å². The minimum Gasteiger partial charge on any atom is -0.410 e. The topological polar surface area (TPSA) is 49.9 Å². The fourth-order valence-corrected chi connectivity index (χ4v) is 3.17. The van der Waals surface area contributed by atoms with Gasteiger partial charge in [0.2, 0.25) is 0 Å². The molecule has 5 nitrogen and oxygen atoms in total. The Balaban J connectivity index is 1.57. The number of halogens is 1. The lowest BCUT2D eigenvalue weighted by atomic mass is 10.2. The Morgan fingerprint density at radius 2 is 1.42 bits per heavy atom. The standard InChI is InChI=1S/C18H17IN2O3/c19-16-9-5-4-8-15(16)17(22)20-10-12-21(13-11-20)18(23)24-14-6-2-1-3-7-14/h1-9H,10-13H2. The number of carbonyl (C=O) groups excluding carboxylic acids is 2. The highest BCUT2D eigenvalue weighted by Crippen LogP contribution is 2.16. The Kier molecular flexibility index (Phi) is 5.34. The maximum atomic E-state index is 12.6. The molecule has 0 spiro atoms. The zero-order valence-electron chi connectivity index (χ0n) is 13.0. The summed E-state index contributed by atoms with van der Waals surface area (Å²) in [6.07, 6.45) is -0.373. The zero-order chi connectivity index (χ0) is 16.9. The van der Waals surface area contributed by atoms with Crippen LogP contribution in [0.25, 0.3) is 0 Å². The first-order chi connectivity index (χ1) is 11.6. The number of hydrogen-bond donors (Lipinski definition) is 0. The lowest BCUT2D eigenvalue weighted by molar-refractivity contribution is 0.0632. The van der Waals surface area contributed by atoms with Crippen molar-refractivity contribution >= 4 is 34.6 Å². The molecule has 0 atom stereocenters. The maximum Gasteiger partial charge on any atom is 0.415 e. The number of piperazine rings is 1. The molecule has 0 bridgehead atoms. The number of ether oxygens (including phenoxy) is 1. The Hall–Kier alpha value is -2.09. The molecule has 1 saturated heterocycles. The Bertz CT molecular complexity index is 728. The van der Waals surface area contributed by atoms with E-state index in [-0.39, 0.29) is 12.0 Å². The highest BCUT2D eigenvalue weighted by Gasteiger charge is 2.26. The van der Waals surface area contributed by atoms with E-state index in [0.717, 1.165) is 3.57 Å². The van der Waals surface area contributed by atoms with Crippen LogP contribution in [0.15, 0.2) is 54.6 Å². The molecule has 0 radical (unpaired) electrons. The van der Waals surface area contributed by atoms with Crippen LogP contribution < -0.4 is 4.74 Å². The smallest absolute Gasteiger partial charge is 0.410 e. The van der Waals surface area contributed by atoms with Crippen LogP contribution in [-0.2, 0) is 0 Å². The van der Waals surface area contributed by atoms with Gasteiger partial charge in [-0.2, -0.15) is 0 Å². The number of hydrogen-bond acceptors (Lipinski definition) is 3. The average molecular weight is 436 g/mol. The molecule has 2 aromatic carbocycles. The lowest BCUT2D eigenvalue weighted by Crippen LogP contribution is -2.51. The van der Waals surface area contributed by atoms with Crippen LogP contribution in [0.1, 0.15) is 10.4 Å². The summed E-state index contributed by atoms with van der Waals surface area (Å²) in [5, 5.41) is 0. The average Bonchev–Trinajstić information content (AvgIpc) is 2.62. The molecule has 124 valence electrons. The quantitative estimate of drug-likeness (QED) is 0.680. The zero-order valence-corrected chi connectivity index (χ0v) is 15.2. The summed E-state index contributed by atoms with van der Waals surface area (Å²) in [5.41, 5.74) is 0.707. The van der Waals surface area contributed by atoms with Crippen molar-refractivity contribution in [2.75, 3.05) is 26.2 Å². The molecule has 0 aliphatic carbocycles. The molecule has 6 heteroatoms. The predicted octanol–water partition coefficient (Wildman–Crippen LogP) is 3.25. The van der Waals surface area contributed by atoms with E-state index in [1.807, 2.05) is 42.5 Å². The molecule has 1 aliphatic heterocycles. The number of benzene rings is 2. The highest BCUT2D eigenvalue weighted by molar-refractivity contribution is 14.1. The largest absolute Gasteiger partial charge is 0.415 e. The van der Waals surface area contributed by atoms with Gasteiger partial charge in [0, 0.05) is 29.7 Å². The molecule has 2 amide bonds. The van der Waals surface area contributed by atoms with Crippen molar-refractivity contribution in [3.05, 3.63) is 63.7 Å². The molecule has 1 aliphatic rings. The third kappa shape index (κ3) is 3.87. The summed E-state index contributed by atoms with van der Waals surface area (Å²) in [7, 11) is 0. The lowest BCUT2D eigenvalue weighted by Gasteiger charge is -2.34. The monoisotopic (exact) mass is 436 g/mol. The van der Waals surface area contributed by atoms with Crippen molar-refractivity contribution in [2.24, 2.45) is 0 Å². The predicted molar refractivity (Wildman–Crippen MR) is 99.1 cm³/mol. The highest BCUT2D eigenvalue weighted by atomic mass is 127. The molecule has 2 aromatic rings. The van der Waals surface area contributed by atoms with Crippen LogP contribution in [0.4, 0.5) is 4.79 Å². The second-order valence-corrected chi connectivity index (χ2v) is 6.60. The summed E-state index contributed by atoms with van der Waals surface area (Å²) in [5.74, 6) is 0.538. The van der Waals surface area contributed by atoms with E-state index in [0.29, 0.717) is 37.5 Å². The van der Waals surface area contributed by atoms with Crippen molar-refractivity contribution in [3.63, 3.8) is 0 Å². The van der Waals surface area contributed by atoms with Gasteiger partial charge in [-0.05, 0) is 46.9 Å². The maximum absolute atomic E-state index is 12.6. The van der Waals surface area contributed by atoms with Crippen molar-refractivity contribution in [1.29, 1.82) is 0 Å². The Morgan fingerprint density at radius 1 is 0.833 bits per heavy atom. The van der Waals surface area contributed by atoms with E-state index in [1.165, 1.54) is 0 Å². The normalized spacial score (nSPS) is 14.4. The fourth-order valence-electron chi connectivity index (χ4n) is 2.55. The van der Waals surface area contributed by atoms with Gasteiger partial charge in [0.25, 0.3) is 5.91 Å². The third-order valence-corrected chi connectivity index (χ3v) is 4.82. The number of rotatable bonds is 2. The molecule has 3 rings (SSSR count). The van der Waals surface area contributed by atoms with Gasteiger partial charge in [0.15, 0.2) is 0 Å². The van der Waals surface area contributed by atoms with E-state index in [1.54, 1.807) is 21.9 Å². The van der Waals surface area contributed by atoms with Crippen molar-refractivity contribution in [2.45, 2.75) is 0 Å². The van der Waals surface area contributed by atoms with Gasteiger partial charge in [0.05, 0.1) is 5.56 Å². The summed E-state index contributed by atoms with van der Waals surface area (Å²) < 4.78 is 6.27. The van der Waals surface area contributed by atoms with Crippen molar-refractivity contribution < 1.29 is 14.3 Å². The molecule has 1 heterocycles. The molecule has 0 saturated carbocycles. The van der Waals surface area contributed by atoms with Crippen LogP contribution in [0.2, 0.25) is 0 Å². The van der Waals surface area contributed by atoms with Crippen molar-refractivity contribution in [3.8, 4) is 5.75 Å². The number of nitrogens with zero attached hydrogens (tertiary/aromatic N) is 2. The van der Waals surface area contributed by atoms with Gasteiger partial charge in [-0.15, -0.1) is 0 Å². The van der Waals surface area contributed by atoms with Crippen LogP contribution in [-0.4, -0.2) is 48.0 Å². The van der Waals surface area contributed by atoms with E-state index in [2.05, 4.69) is 22.6 Å². The molecular formula is C18H17IN2O3. The third-order valence-electron chi connectivity index (χ3n) is 3.88. The number of carbonyl (C=O) groups is 2. The molecule has 0 aromatic heterocycles. The van der Waals surface area contributed by atoms with Gasteiger partial charge in [-0.1, -0.05) is 30.3 Å². The van der Waals surface area contributed by atoms with Crippen molar-refractivity contribution in [1.82, 2.24) is 9.80 Å². The minimum atomic E-state index is -0.373. The van der Waals surface area contributed by atoms with Crippen LogP contribution in [0.3, 0.4) is 0 Å². The van der Waals surface area contributed by atoms with Crippen LogP contribution in [0, 0.1) is 3.57 Å². The first-order valence-electron chi connectivity index (χ1n) is 7.71. The summed E-state index contributed by atoms with van der Waals surface area (Å²) in [6.45, 7) is 1.96. The molecule has 24 heavy (non-hydrogen) atoms.